The van der Waals surface area contributed by atoms with E-state index in [0.717, 1.165) is 24.1 Å². The molecule has 0 bridgehead atoms. The zero-order chi connectivity index (χ0) is 13.7. The Bertz CT molecular complexity index is 377. The highest BCUT2D eigenvalue weighted by atomic mass is 16.5. The number of nitrogens with zero attached hydrogens (tertiary/aromatic N) is 1. The fourth-order valence-corrected chi connectivity index (χ4v) is 2.90. The molecule has 19 heavy (non-hydrogen) atoms. The molecule has 0 radical (unpaired) electrons. The maximum absolute atomic E-state index is 5.33. The summed E-state index contributed by atoms with van der Waals surface area (Å²) in [6.45, 7) is 0.957. The molecule has 0 amide bonds. The molecule has 1 aromatic rings. The van der Waals surface area contributed by atoms with E-state index in [1.807, 2.05) is 6.07 Å². The van der Waals surface area contributed by atoms with E-state index in [9.17, 15) is 0 Å². The van der Waals surface area contributed by atoms with E-state index in [1.165, 1.54) is 37.7 Å². The average molecular weight is 263 g/mol. The smallest absolute Gasteiger partial charge is 0.122 e. The van der Waals surface area contributed by atoms with Crippen molar-refractivity contribution in [2.75, 3.05) is 21.3 Å². The van der Waals surface area contributed by atoms with Crippen molar-refractivity contribution in [2.45, 2.75) is 44.7 Å². The summed E-state index contributed by atoms with van der Waals surface area (Å²) in [6.07, 6.45) is 6.80. The van der Waals surface area contributed by atoms with E-state index in [0.29, 0.717) is 0 Å². The summed E-state index contributed by atoms with van der Waals surface area (Å²) in [5.74, 6) is 1.73. The summed E-state index contributed by atoms with van der Waals surface area (Å²) < 4.78 is 10.7. The number of ether oxygens (including phenoxy) is 2. The molecule has 1 aliphatic carbocycles. The molecule has 1 aliphatic rings. The molecular formula is C16H25NO2. The van der Waals surface area contributed by atoms with Crippen molar-refractivity contribution in [3.63, 3.8) is 0 Å². The van der Waals surface area contributed by atoms with Crippen LogP contribution in [0.3, 0.4) is 0 Å². The van der Waals surface area contributed by atoms with Gasteiger partial charge in [-0.1, -0.05) is 19.3 Å². The molecule has 2 rings (SSSR count). The molecular weight excluding hydrogens is 238 g/mol. The first-order chi connectivity index (χ1) is 9.22. The van der Waals surface area contributed by atoms with Crippen molar-refractivity contribution in [1.29, 1.82) is 0 Å². The van der Waals surface area contributed by atoms with Gasteiger partial charge in [-0.2, -0.15) is 0 Å². The molecule has 0 spiro atoms. The number of rotatable bonds is 5. The van der Waals surface area contributed by atoms with E-state index < -0.39 is 0 Å². The average Bonchev–Trinajstić information content (AvgIpc) is 2.47. The lowest BCUT2D eigenvalue weighted by atomic mass is 9.94. The Morgan fingerprint density at radius 3 is 2.11 bits per heavy atom. The van der Waals surface area contributed by atoms with Gasteiger partial charge in [0, 0.05) is 18.7 Å². The monoisotopic (exact) mass is 263 g/mol. The Hall–Kier alpha value is -1.22. The molecule has 106 valence electrons. The molecule has 0 aromatic heterocycles. The molecule has 0 saturated heterocycles. The van der Waals surface area contributed by atoms with Crippen LogP contribution in [0.15, 0.2) is 18.2 Å². The van der Waals surface area contributed by atoms with Crippen LogP contribution in [0.2, 0.25) is 0 Å². The normalized spacial score (nSPS) is 16.6. The number of methoxy groups -OCH3 is 2. The molecule has 0 unspecified atom stereocenters. The standard InChI is InChI=1S/C16H25NO2/c1-17(14-7-5-4-6-8-14)12-13-9-15(18-2)11-16(10-13)19-3/h9-11,14H,4-8,12H2,1-3H3. The largest absolute Gasteiger partial charge is 0.497 e. The number of hydrogen-bond acceptors (Lipinski definition) is 3. The van der Waals surface area contributed by atoms with E-state index in [4.69, 9.17) is 9.47 Å². The van der Waals surface area contributed by atoms with Crippen molar-refractivity contribution >= 4 is 0 Å². The van der Waals surface area contributed by atoms with Crippen molar-refractivity contribution in [1.82, 2.24) is 4.90 Å². The third-order valence-corrected chi connectivity index (χ3v) is 4.04. The van der Waals surface area contributed by atoms with Gasteiger partial charge in [-0.05, 0) is 37.6 Å². The minimum atomic E-state index is 0.728. The quantitative estimate of drug-likeness (QED) is 0.812. The molecule has 3 nitrogen and oxygen atoms in total. The lowest BCUT2D eigenvalue weighted by Gasteiger charge is -2.31. The SMILES string of the molecule is COc1cc(CN(C)C2CCCCC2)cc(OC)c1. The predicted octanol–water partition coefficient (Wildman–Crippen LogP) is 3.47. The maximum Gasteiger partial charge on any atom is 0.122 e. The van der Waals surface area contributed by atoms with Crippen LogP contribution < -0.4 is 9.47 Å². The Labute approximate surface area is 116 Å². The van der Waals surface area contributed by atoms with Crippen LogP contribution in [0.4, 0.5) is 0 Å². The second-order valence-corrected chi connectivity index (χ2v) is 5.43. The van der Waals surface area contributed by atoms with Gasteiger partial charge in [0.15, 0.2) is 0 Å². The predicted molar refractivity (Wildman–Crippen MR) is 77.9 cm³/mol. The summed E-state index contributed by atoms with van der Waals surface area (Å²) in [5, 5.41) is 0. The molecule has 1 aromatic carbocycles. The van der Waals surface area contributed by atoms with E-state index in [-0.39, 0.29) is 0 Å². The zero-order valence-electron chi connectivity index (χ0n) is 12.3. The Balaban J connectivity index is 2.04. The molecule has 0 aliphatic heterocycles. The van der Waals surface area contributed by atoms with Crippen LogP contribution >= 0.6 is 0 Å². The fraction of sp³-hybridized carbons (Fsp3) is 0.625. The maximum atomic E-state index is 5.33. The van der Waals surface area contributed by atoms with Gasteiger partial charge >= 0.3 is 0 Å². The minimum Gasteiger partial charge on any atom is -0.497 e. The highest BCUT2D eigenvalue weighted by molar-refractivity contribution is 5.38. The second-order valence-electron chi connectivity index (χ2n) is 5.43. The first kappa shape index (κ1) is 14.2. The summed E-state index contributed by atoms with van der Waals surface area (Å²) in [7, 11) is 5.62. The van der Waals surface area contributed by atoms with Gasteiger partial charge in [0.05, 0.1) is 14.2 Å². The first-order valence-electron chi connectivity index (χ1n) is 7.15. The molecule has 0 N–H and O–H groups in total. The zero-order valence-corrected chi connectivity index (χ0v) is 12.3. The second kappa shape index (κ2) is 6.80. The van der Waals surface area contributed by atoms with Crippen LogP contribution in [-0.2, 0) is 6.54 Å². The van der Waals surface area contributed by atoms with Crippen LogP contribution in [-0.4, -0.2) is 32.2 Å². The van der Waals surface area contributed by atoms with Crippen molar-refractivity contribution in [2.24, 2.45) is 0 Å². The summed E-state index contributed by atoms with van der Waals surface area (Å²) in [6, 6.07) is 6.85. The minimum absolute atomic E-state index is 0.728. The topological polar surface area (TPSA) is 21.7 Å². The van der Waals surface area contributed by atoms with E-state index in [1.54, 1.807) is 14.2 Å². The molecule has 1 fully saturated rings. The summed E-state index contributed by atoms with van der Waals surface area (Å²) in [5.41, 5.74) is 1.25. The highest BCUT2D eigenvalue weighted by Crippen LogP contribution is 2.26. The fourth-order valence-electron chi connectivity index (χ4n) is 2.90. The van der Waals surface area contributed by atoms with Gasteiger partial charge in [0.2, 0.25) is 0 Å². The van der Waals surface area contributed by atoms with Crippen molar-refractivity contribution < 1.29 is 9.47 Å². The lowest BCUT2D eigenvalue weighted by Crippen LogP contribution is -2.32. The molecule has 0 atom stereocenters. The van der Waals surface area contributed by atoms with Crippen LogP contribution in [0.25, 0.3) is 0 Å². The molecule has 0 heterocycles. The van der Waals surface area contributed by atoms with Gasteiger partial charge < -0.3 is 9.47 Å². The van der Waals surface area contributed by atoms with Crippen molar-refractivity contribution in [3.05, 3.63) is 23.8 Å². The van der Waals surface area contributed by atoms with Crippen LogP contribution in [0.5, 0.6) is 11.5 Å². The Kier molecular flexibility index (Phi) is 5.08. The van der Waals surface area contributed by atoms with Crippen LogP contribution in [0.1, 0.15) is 37.7 Å². The summed E-state index contributed by atoms with van der Waals surface area (Å²) >= 11 is 0. The van der Waals surface area contributed by atoms with Gasteiger partial charge in [-0.25, -0.2) is 0 Å². The Morgan fingerprint density at radius 2 is 1.58 bits per heavy atom. The third kappa shape index (κ3) is 3.87. The number of benzene rings is 1. The lowest BCUT2D eigenvalue weighted by molar-refractivity contribution is 0.184. The van der Waals surface area contributed by atoms with Gasteiger partial charge in [-0.15, -0.1) is 0 Å². The first-order valence-corrected chi connectivity index (χ1v) is 7.15. The van der Waals surface area contributed by atoms with E-state index in [2.05, 4.69) is 24.1 Å². The van der Waals surface area contributed by atoms with Gasteiger partial charge in [-0.3, -0.25) is 4.90 Å². The van der Waals surface area contributed by atoms with Crippen molar-refractivity contribution in [3.8, 4) is 11.5 Å². The van der Waals surface area contributed by atoms with Crippen LogP contribution in [0, 0.1) is 0 Å². The van der Waals surface area contributed by atoms with E-state index >= 15 is 0 Å². The summed E-state index contributed by atoms with van der Waals surface area (Å²) in [4.78, 5) is 2.47. The molecule has 1 saturated carbocycles. The molecule has 3 heteroatoms. The third-order valence-electron chi connectivity index (χ3n) is 4.04. The van der Waals surface area contributed by atoms with Gasteiger partial charge in [0.1, 0.15) is 11.5 Å². The van der Waals surface area contributed by atoms with Gasteiger partial charge in [0.25, 0.3) is 0 Å². The highest BCUT2D eigenvalue weighted by Gasteiger charge is 2.18. The number of hydrogen-bond donors (Lipinski definition) is 0. The Morgan fingerprint density at radius 1 is 1.00 bits per heavy atom.